The Labute approximate surface area is 183 Å². The average Bonchev–Trinajstić information content (AvgIpc) is 3.38. The van der Waals surface area contributed by atoms with Crippen molar-refractivity contribution in [1.82, 2.24) is 9.88 Å². The van der Waals surface area contributed by atoms with Gasteiger partial charge in [-0.15, -0.1) is 0 Å². The summed E-state index contributed by atoms with van der Waals surface area (Å²) in [6, 6.07) is 16.8. The van der Waals surface area contributed by atoms with Gasteiger partial charge in [-0.1, -0.05) is 35.9 Å². The highest BCUT2D eigenvalue weighted by atomic mass is 35.5. The molecule has 0 fully saturated rings. The largest absolute Gasteiger partial charge is 0.497 e. The maximum absolute atomic E-state index is 13.7. The van der Waals surface area contributed by atoms with E-state index in [1.165, 1.54) is 12.1 Å². The molecule has 2 N–H and O–H groups in total. The minimum Gasteiger partial charge on any atom is -0.497 e. The molecule has 2 heterocycles. The molecule has 1 aliphatic rings. The van der Waals surface area contributed by atoms with E-state index in [0.29, 0.717) is 29.7 Å². The number of hydrogen-bond donors (Lipinski definition) is 2. The number of fused-ring (bicyclic) bond motifs is 2. The van der Waals surface area contributed by atoms with Crippen LogP contribution in [-0.2, 0) is 13.1 Å². The Kier molecular flexibility index (Phi) is 4.79. The number of rotatable bonds is 3. The molecule has 0 atom stereocenters. The second kappa shape index (κ2) is 7.63. The molecule has 0 spiro atoms. The Morgan fingerprint density at radius 2 is 1.81 bits per heavy atom. The van der Waals surface area contributed by atoms with Crippen molar-refractivity contribution in [2.45, 2.75) is 13.1 Å². The highest BCUT2D eigenvalue weighted by molar-refractivity contribution is 6.31. The van der Waals surface area contributed by atoms with Gasteiger partial charge in [0, 0.05) is 24.7 Å². The summed E-state index contributed by atoms with van der Waals surface area (Å²) >= 11 is 5.90. The standard InChI is InChI=1S/C24H19ClFN3O2/c1-31-18-6-4-14(5-7-18)15-2-3-16-12-29(13-17(16)8-15)24(30)28-23-11-27-22-10-21(26)20(25)9-19(22)23/h2-11,27H,12-13H2,1H3,(H,28,30). The zero-order valence-corrected chi connectivity index (χ0v) is 17.5. The molecule has 0 aliphatic carbocycles. The van der Waals surface area contributed by atoms with E-state index in [4.69, 9.17) is 16.3 Å². The number of methoxy groups -OCH3 is 1. The SMILES string of the molecule is COc1ccc(-c2ccc3c(c2)CN(C(=O)Nc2c[nH]c4cc(F)c(Cl)cc24)C3)cc1. The van der Waals surface area contributed by atoms with Crippen molar-refractivity contribution < 1.29 is 13.9 Å². The average molecular weight is 436 g/mol. The van der Waals surface area contributed by atoms with Crippen molar-refractivity contribution in [1.29, 1.82) is 0 Å². The molecular weight excluding hydrogens is 417 g/mol. The Hall–Kier alpha value is -3.51. The van der Waals surface area contributed by atoms with E-state index in [2.05, 4.69) is 28.5 Å². The summed E-state index contributed by atoms with van der Waals surface area (Å²) in [4.78, 5) is 17.6. The highest BCUT2D eigenvalue weighted by Gasteiger charge is 2.24. The van der Waals surface area contributed by atoms with E-state index in [0.717, 1.165) is 28.0 Å². The number of nitrogens with one attached hydrogen (secondary N) is 2. The lowest BCUT2D eigenvalue weighted by molar-refractivity contribution is 0.212. The number of H-pyrrole nitrogens is 1. The second-order valence-electron chi connectivity index (χ2n) is 7.51. The summed E-state index contributed by atoms with van der Waals surface area (Å²) in [5.74, 6) is 0.311. The first-order valence-corrected chi connectivity index (χ1v) is 10.2. The van der Waals surface area contributed by atoms with E-state index in [1.807, 2.05) is 24.3 Å². The molecule has 2 amide bonds. The first-order chi connectivity index (χ1) is 15.0. The van der Waals surface area contributed by atoms with Crippen molar-refractivity contribution >= 4 is 34.2 Å². The molecule has 0 unspecified atom stereocenters. The maximum Gasteiger partial charge on any atom is 0.322 e. The first kappa shape index (κ1) is 19.5. The van der Waals surface area contributed by atoms with Gasteiger partial charge in [0.2, 0.25) is 0 Å². The molecule has 156 valence electrons. The number of benzene rings is 3. The predicted octanol–water partition coefficient (Wildman–Crippen LogP) is 6.18. The van der Waals surface area contributed by atoms with Gasteiger partial charge in [0.25, 0.3) is 0 Å². The fourth-order valence-electron chi connectivity index (χ4n) is 3.92. The fourth-order valence-corrected chi connectivity index (χ4v) is 4.08. The van der Waals surface area contributed by atoms with Crippen molar-refractivity contribution in [3.05, 3.63) is 82.8 Å². The Morgan fingerprint density at radius 3 is 2.58 bits per heavy atom. The van der Waals surface area contributed by atoms with Crippen LogP contribution in [0.5, 0.6) is 5.75 Å². The van der Waals surface area contributed by atoms with Crippen LogP contribution >= 0.6 is 11.6 Å². The third-order valence-electron chi connectivity index (χ3n) is 5.60. The summed E-state index contributed by atoms with van der Waals surface area (Å²) in [6.45, 7) is 1.05. The van der Waals surface area contributed by atoms with Crippen LogP contribution in [0, 0.1) is 5.82 Å². The van der Waals surface area contributed by atoms with Crippen LogP contribution in [0.4, 0.5) is 14.9 Å². The van der Waals surface area contributed by atoms with Gasteiger partial charge in [0.05, 0.1) is 23.3 Å². The summed E-state index contributed by atoms with van der Waals surface area (Å²) < 4.78 is 18.9. The molecular formula is C24H19ClFN3O2. The quantitative estimate of drug-likeness (QED) is 0.403. The van der Waals surface area contributed by atoms with Gasteiger partial charge in [0.15, 0.2) is 0 Å². The van der Waals surface area contributed by atoms with E-state index < -0.39 is 5.82 Å². The Balaban J connectivity index is 1.33. The molecule has 1 aliphatic heterocycles. The van der Waals surface area contributed by atoms with Crippen molar-refractivity contribution in [2.24, 2.45) is 0 Å². The van der Waals surface area contributed by atoms with Crippen LogP contribution in [0.15, 0.2) is 60.8 Å². The van der Waals surface area contributed by atoms with Gasteiger partial charge in [-0.3, -0.25) is 0 Å². The molecule has 0 saturated carbocycles. The maximum atomic E-state index is 13.7. The van der Waals surface area contributed by atoms with Crippen LogP contribution in [0.2, 0.25) is 5.02 Å². The number of aromatic amines is 1. The first-order valence-electron chi connectivity index (χ1n) is 9.80. The molecule has 5 rings (SSSR count). The number of ether oxygens (including phenoxy) is 1. The number of carbonyl (C=O) groups is 1. The molecule has 1 aromatic heterocycles. The van der Waals surface area contributed by atoms with Gasteiger partial charge in [-0.2, -0.15) is 0 Å². The Morgan fingerprint density at radius 1 is 1.06 bits per heavy atom. The summed E-state index contributed by atoms with van der Waals surface area (Å²) in [5.41, 5.74) is 5.57. The van der Waals surface area contributed by atoms with Crippen LogP contribution in [0.25, 0.3) is 22.0 Å². The Bertz CT molecular complexity index is 1300. The highest BCUT2D eigenvalue weighted by Crippen LogP contribution is 2.31. The number of anilines is 1. The molecule has 0 radical (unpaired) electrons. The fraction of sp³-hybridized carbons (Fsp3) is 0.125. The summed E-state index contributed by atoms with van der Waals surface area (Å²) in [7, 11) is 1.65. The lowest BCUT2D eigenvalue weighted by Crippen LogP contribution is -2.30. The number of carbonyl (C=O) groups excluding carboxylic acids is 1. The van der Waals surface area contributed by atoms with E-state index >= 15 is 0 Å². The van der Waals surface area contributed by atoms with Crippen LogP contribution < -0.4 is 10.1 Å². The summed E-state index contributed by atoms with van der Waals surface area (Å²) in [5, 5.41) is 3.59. The monoisotopic (exact) mass is 435 g/mol. The van der Waals surface area contributed by atoms with E-state index in [9.17, 15) is 9.18 Å². The van der Waals surface area contributed by atoms with Crippen molar-refractivity contribution in [2.75, 3.05) is 12.4 Å². The number of amides is 2. The lowest BCUT2D eigenvalue weighted by Gasteiger charge is -2.16. The number of nitrogens with zero attached hydrogens (tertiary/aromatic N) is 1. The van der Waals surface area contributed by atoms with Gasteiger partial charge in [-0.05, 0) is 52.6 Å². The van der Waals surface area contributed by atoms with Gasteiger partial charge in [0.1, 0.15) is 11.6 Å². The topological polar surface area (TPSA) is 57.4 Å². The third-order valence-corrected chi connectivity index (χ3v) is 5.89. The number of hydrogen-bond acceptors (Lipinski definition) is 2. The van der Waals surface area contributed by atoms with E-state index in [-0.39, 0.29) is 11.1 Å². The van der Waals surface area contributed by atoms with Crippen molar-refractivity contribution in [3.8, 4) is 16.9 Å². The van der Waals surface area contributed by atoms with E-state index in [1.54, 1.807) is 18.2 Å². The molecule has 3 aromatic carbocycles. The van der Waals surface area contributed by atoms with Gasteiger partial charge >= 0.3 is 6.03 Å². The summed E-state index contributed by atoms with van der Waals surface area (Å²) in [6.07, 6.45) is 1.64. The number of aromatic nitrogens is 1. The molecule has 0 bridgehead atoms. The molecule has 0 saturated heterocycles. The van der Waals surface area contributed by atoms with Crippen molar-refractivity contribution in [3.63, 3.8) is 0 Å². The molecule has 4 aromatic rings. The van der Waals surface area contributed by atoms with Gasteiger partial charge < -0.3 is 19.9 Å². The third kappa shape index (κ3) is 3.59. The number of halogens is 2. The molecule has 5 nitrogen and oxygen atoms in total. The second-order valence-corrected chi connectivity index (χ2v) is 7.92. The van der Waals surface area contributed by atoms with Crippen LogP contribution in [0.1, 0.15) is 11.1 Å². The van der Waals surface area contributed by atoms with Crippen LogP contribution in [0.3, 0.4) is 0 Å². The zero-order valence-electron chi connectivity index (χ0n) is 16.7. The minimum atomic E-state index is -0.503. The zero-order chi connectivity index (χ0) is 21.5. The predicted molar refractivity (Wildman–Crippen MR) is 120 cm³/mol. The normalized spacial score (nSPS) is 12.8. The smallest absolute Gasteiger partial charge is 0.322 e. The molecule has 7 heteroatoms. The minimum absolute atomic E-state index is 0.0160. The lowest BCUT2D eigenvalue weighted by atomic mass is 10.0. The number of urea groups is 1. The van der Waals surface area contributed by atoms with Gasteiger partial charge in [-0.25, -0.2) is 9.18 Å². The molecule has 31 heavy (non-hydrogen) atoms. The van der Waals surface area contributed by atoms with Crippen LogP contribution in [-0.4, -0.2) is 23.0 Å².